The highest BCUT2D eigenvalue weighted by Crippen LogP contribution is 2.40. The first-order chi connectivity index (χ1) is 11.7. The van der Waals surface area contributed by atoms with Gasteiger partial charge in [0.05, 0.1) is 12.0 Å². The van der Waals surface area contributed by atoms with Crippen molar-refractivity contribution in [3.05, 3.63) is 60.2 Å². The molecule has 2 heterocycles. The van der Waals surface area contributed by atoms with Crippen LogP contribution < -0.4 is 5.73 Å². The average Bonchev–Trinajstić information content (AvgIpc) is 3.11. The second kappa shape index (κ2) is 5.83. The zero-order valence-electron chi connectivity index (χ0n) is 13.3. The lowest BCUT2D eigenvalue weighted by Gasteiger charge is -2.35. The van der Waals surface area contributed by atoms with E-state index < -0.39 is 0 Å². The minimum absolute atomic E-state index is 0.0236. The normalized spacial score (nSPS) is 21.0. The molecule has 3 N–H and O–H groups in total. The van der Waals surface area contributed by atoms with Gasteiger partial charge in [-0.3, -0.25) is 5.10 Å². The molecule has 2 aromatic heterocycles. The van der Waals surface area contributed by atoms with Crippen LogP contribution in [0.5, 0.6) is 0 Å². The molecule has 0 spiro atoms. The number of hydrogen-bond acceptors (Lipinski definition) is 3. The molecule has 1 atom stereocenters. The van der Waals surface area contributed by atoms with Gasteiger partial charge in [0.25, 0.3) is 0 Å². The summed E-state index contributed by atoms with van der Waals surface area (Å²) in [7, 11) is 0. The van der Waals surface area contributed by atoms with Crippen LogP contribution in [-0.4, -0.2) is 21.7 Å². The molecule has 0 fully saturated rings. The van der Waals surface area contributed by atoms with Gasteiger partial charge in [-0.2, -0.15) is 5.10 Å². The quantitative estimate of drug-likeness (QED) is 0.769. The van der Waals surface area contributed by atoms with Gasteiger partial charge < -0.3 is 5.73 Å². The largest absolute Gasteiger partial charge is 0.330 e. The van der Waals surface area contributed by atoms with Crippen molar-refractivity contribution in [3.63, 3.8) is 0 Å². The van der Waals surface area contributed by atoms with Gasteiger partial charge in [0.2, 0.25) is 0 Å². The number of pyridine rings is 1. The van der Waals surface area contributed by atoms with Gasteiger partial charge in [-0.25, -0.2) is 9.37 Å². The van der Waals surface area contributed by atoms with Crippen LogP contribution in [0.15, 0.2) is 54.6 Å². The minimum Gasteiger partial charge on any atom is -0.330 e. The van der Waals surface area contributed by atoms with Gasteiger partial charge in [0.1, 0.15) is 0 Å². The van der Waals surface area contributed by atoms with Crippen molar-refractivity contribution in [2.45, 2.75) is 24.7 Å². The number of aromatic amines is 1. The molecule has 0 aliphatic heterocycles. The Morgan fingerprint density at radius 3 is 3.00 bits per heavy atom. The van der Waals surface area contributed by atoms with Crippen LogP contribution in [0.3, 0.4) is 0 Å². The first-order valence-electron chi connectivity index (χ1n) is 8.15. The average molecular weight is 322 g/mol. The molecule has 0 saturated carbocycles. The summed E-state index contributed by atoms with van der Waals surface area (Å²) < 4.78 is 13.5. The van der Waals surface area contributed by atoms with Crippen LogP contribution in [-0.2, 0) is 5.41 Å². The number of benzene rings is 1. The highest BCUT2D eigenvalue weighted by Gasteiger charge is 2.33. The molecule has 1 unspecified atom stereocenters. The number of allylic oxidation sites excluding steroid dienone is 2. The number of nitrogens with one attached hydrogen (secondary N) is 1. The van der Waals surface area contributed by atoms with E-state index in [0.717, 1.165) is 28.6 Å². The van der Waals surface area contributed by atoms with E-state index in [4.69, 9.17) is 5.73 Å². The molecule has 4 nitrogen and oxygen atoms in total. The maximum atomic E-state index is 13.5. The SMILES string of the molecule is NCC1(c2cccc(-c3ccnc4[nH]ncc34)c2)CC=C(F)CC1. The van der Waals surface area contributed by atoms with Crippen LogP contribution in [0.25, 0.3) is 22.2 Å². The Balaban J connectivity index is 1.81. The molecule has 0 radical (unpaired) electrons. The van der Waals surface area contributed by atoms with Gasteiger partial charge in [-0.05, 0) is 42.0 Å². The first-order valence-corrected chi connectivity index (χ1v) is 8.15. The maximum absolute atomic E-state index is 13.5. The van der Waals surface area contributed by atoms with Gasteiger partial charge in [0, 0.05) is 23.5 Å². The van der Waals surface area contributed by atoms with Crippen molar-refractivity contribution in [2.75, 3.05) is 6.54 Å². The van der Waals surface area contributed by atoms with E-state index in [-0.39, 0.29) is 11.2 Å². The first kappa shape index (κ1) is 15.0. The smallest absolute Gasteiger partial charge is 0.155 e. The predicted octanol–water partition coefficient (Wildman–Crippen LogP) is 3.86. The monoisotopic (exact) mass is 322 g/mol. The van der Waals surface area contributed by atoms with E-state index in [9.17, 15) is 4.39 Å². The number of aromatic nitrogens is 3. The molecule has 0 bridgehead atoms. The summed E-state index contributed by atoms with van der Waals surface area (Å²) in [5.74, 6) is -0.0236. The summed E-state index contributed by atoms with van der Waals surface area (Å²) in [6.45, 7) is 0.512. The van der Waals surface area contributed by atoms with Crippen molar-refractivity contribution in [1.29, 1.82) is 0 Å². The Kier molecular flexibility index (Phi) is 3.65. The maximum Gasteiger partial charge on any atom is 0.155 e. The van der Waals surface area contributed by atoms with E-state index in [1.54, 1.807) is 18.5 Å². The summed E-state index contributed by atoms with van der Waals surface area (Å²) in [6, 6.07) is 10.4. The Hall–Kier alpha value is -2.53. The molecular weight excluding hydrogens is 303 g/mol. The molecule has 1 aliphatic carbocycles. The number of fused-ring (bicyclic) bond motifs is 1. The van der Waals surface area contributed by atoms with Crippen LogP contribution in [0, 0.1) is 0 Å². The molecule has 0 amide bonds. The Morgan fingerprint density at radius 2 is 2.21 bits per heavy atom. The Labute approximate surface area is 139 Å². The van der Waals surface area contributed by atoms with E-state index in [1.165, 1.54) is 5.56 Å². The van der Waals surface area contributed by atoms with E-state index in [1.807, 2.05) is 12.1 Å². The number of nitrogens with two attached hydrogens (primary N) is 1. The van der Waals surface area contributed by atoms with Crippen molar-refractivity contribution in [3.8, 4) is 11.1 Å². The van der Waals surface area contributed by atoms with Crippen LogP contribution in [0.1, 0.15) is 24.8 Å². The van der Waals surface area contributed by atoms with Crippen molar-refractivity contribution in [2.24, 2.45) is 5.73 Å². The third-order valence-electron chi connectivity index (χ3n) is 5.09. The predicted molar refractivity (Wildman–Crippen MR) is 93.1 cm³/mol. The zero-order valence-corrected chi connectivity index (χ0v) is 13.3. The van der Waals surface area contributed by atoms with Crippen LogP contribution in [0.4, 0.5) is 4.39 Å². The van der Waals surface area contributed by atoms with Gasteiger partial charge in [0.15, 0.2) is 5.65 Å². The van der Waals surface area contributed by atoms with Crippen molar-refractivity contribution >= 4 is 11.0 Å². The highest BCUT2D eigenvalue weighted by molar-refractivity contribution is 5.92. The topological polar surface area (TPSA) is 67.6 Å². The summed E-state index contributed by atoms with van der Waals surface area (Å²) in [5, 5.41) is 7.97. The third-order valence-corrected chi connectivity index (χ3v) is 5.09. The second-order valence-corrected chi connectivity index (χ2v) is 6.41. The molecule has 0 saturated heterocycles. The van der Waals surface area contributed by atoms with Crippen LogP contribution in [0.2, 0.25) is 0 Å². The lowest BCUT2D eigenvalue weighted by atomic mass is 9.71. The molecule has 3 aromatic rings. The molecule has 1 aliphatic rings. The zero-order chi connectivity index (χ0) is 16.6. The fourth-order valence-corrected chi connectivity index (χ4v) is 3.55. The summed E-state index contributed by atoms with van der Waals surface area (Å²) in [5.41, 5.74) is 10.0. The molecule has 5 heteroatoms. The standard InChI is InChI=1S/C19H19FN4/c20-15-4-7-19(12-21,8-5-15)14-3-1-2-13(10-14)16-6-9-22-18-17(16)11-23-24-18/h1-4,6,9-11H,5,7-8,12,21H2,(H,22,23,24). The highest BCUT2D eigenvalue weighted by atomic mass is 19.1. The molecule has 24 heavy (non-hydrogen) atoms. The molecule has 122 valence electrons. The third kappa shape index (κ3) is 2.41. The van der Waals surface area contributed by atoms with Crippen LogP contribution >= 0.6 is 0 Å². The number of H-pyrrole nitrogens is 1. The summed E-state index contributed by atoms with van der Waals surface area (Å²) in [6.07, 6.45) is 7.11. The number of hydrogen-bond donors (Lipinski definition) is 2. The lowest BCUT2D eigenvalue weighted by molar-refractivity contribution is 0.363. The van der Waals surface area contributed by atoms with E-state index >= 15 is 0 Å². The minimum atomic E-state index is -0.186. The Morgan fingerprint density at radius 1 is 1.29 bits per heavy atom. The fourth-order valence-electron chi connectivity index (χ4n) is 3.55. The second-order valence-electron chi connectivity index (χ2n) is 6.41. The van der Waals surface area contributed by atoms with E-state index in [0.29, 0.717) is 19.4 Å². The van der Waals surface area contributed by atoms with Crippen molar-refractivity contribution in [1.82, 2.24) is 15.2 Å². The summed E-state index contributed by atoms with van der Waals surface area (Å²) >= 11 is 0. The fraction of sp³-hybridized carbons (Fsp3) is 0.263. The van der Waals surface area contributed by atoms with Gasteiger partial charge >= 0.3 is 0 Å². The summed E-state index contributed by atoms with van der Waals surface area (Å²) in [4.78, 5) is 4.29. The Bertz CT molecular complexity index is 914. The van der Waals surface area contributed by atoms with Gasteiger partial charge in [-0.1, -0.05) is 30.3 Å². The molecule has 1 aromatic carbocycles. The number of nitrogens with zero attached hydrogens (tertiary/aromatic N) is 2. The molecule has 4 rings (SSSR count). The lowest BCUT2D eigenvalue weighted by Crippen LogP contribution is -2.36. The number of halogens is 1. The number of rotatable bonds is 3. The van der Waals surface area contributed by atoms with Gasteiger partial charge in [-0.15, -0.1) is 0 Å². The molecular formula is C19H19FN4. The van der Waals surface area contributed by atoms with Crippen molar-refractivity contribution < 1.29 is 4.39 Å². The van der Waals surface area contributed by atoms with E-state index in [2.05, 4.69) is 33.4 Å².